The fraction of sp³-hybridized carbons (Fsp3) is 0. The zero-order valence-electron chi connectivity index (χ0n) is 10.6. The molecule has 0 amide bonds. The van der Waals surface area contributed by atoms with Crippen LogP contribution in [0, 0.1) is 0 Å². The minimum absolute atomic E-state index is 0.448. The Balaban J connectivity index is 1.99. The van der Waals surface area contributed by atoms with Crippen LogP contribution in [0.15, 0.2) is 54.6 Å². The number of benzene rings is 3. The zero-order chi connectivity index (χ0) is 13.7. The molecule has 0 atom stereocenters. The van der Waals surface area contributed by atoms with E-state index < -0.39 is 7.32 Å². The summed E-state index contributed by atoms with van der Waals surface area (Å²) in [5.41, 5.74) is 4.58. The van der Waals surface area contributed by atoms with Crippen LogP contribution in [0.3, 0.4) is 0 Å². The van der Waals surface area contributed by atoms with Crippen LogP contribution in [0.4, 0.5) is 0 Å². The van der Waals surface area contributed by atoms with E-state index in [1.54, 1.807) is 6.07 Å². The van der Waals surface area contributed by atoms with Crippen molar-refractivity contribution in [3.63, 3.8) is 0 Å². The Hall–Kier alpha value is -2.30. The molecule has 0 radical (unpaired) electrons. The van der Waals surface area contributed by atoms with Gasteiger partial charge in [-0.15, -0.1) is 0 Å². The summed E-state index contributed by atoms with van der Waals surface area (Å²) in [4.78, 5) is 0. The summed E-state index contributed by atoms with van der Waals surface area (Å²) in [6.45, 7) is 0. The Bertz CT molecular complexity index is 822. The van der Waals surface area contributed by atoms with E-state index in [2.05, 4.69) is 30.3 Å². The molecule has 0 saturated heterocycles. The third kappa shape index (κ3) is 1.56. The van der Waals surface area contributed by atoms with Gasteiger partial charge in [0.05, 0.1) is 0 Å². The van der Waals surface area contributed by atoms with Crippen LogP contribution in [0.5, 0.6) is 5.75 Å². The second-order valence-electron chi connectivity index (χ2n) is 4.86. The van der Waals surface area contributed by atoms with Gasteiger partial charge in [-0.1, -0.05) is 42.5 Å². The van der Waals surface area contributed by atoms with Crippen LogP contribution in [-0.2, 0) is 0 Å². The maximum atomic E-state index is 8.91. The summed E-state index contributed by atoms with van der Waals surface area (Å²) >= 11 is 0. The molecular formula is C16H11BO3. The van der Waals surface area contributed by atoms with Crippen LogP contribution >= 0.6 is 0 Å². The molecule has 3 nitrogen and oxygen atoms in total. The number of rotatable bonds is 2. The Labute approximate surface area is 116 Å². The Morgan fingerprint density at radius 2 is 1.45 bits per heavy atom. The summed E-state index contributed by atoms with van der Waals surface area (Å²) in [6.07, 6.45) is 0. The monoisotopic (exact) mass is 262 g/mol. The molecule has 0 aliphatic heterocycles. The van der Waals surface area contributed by atoms with E-state index in [4.69, 9.17) is 14.7 Å². The minimum Gasteiger partial charge on any atom is -0.512 e. The molecule has 0 spiro atoms. The highest BCUT2D eigenvalue weighted by Crippen LogP contribution is 2.47. The van der Waals surface area contributed by atoms with Crippen molar-refractivity contribution >= 4 is 18.1 Å². The van der Waals surface area contributed by atoms with Crippen LogP contribution in [-0.4, -0.2) is 17.4 Å². The van der Waals surface area contributed by atoms with E-state index in [1.807, 2.05) is 18.2 Å². The standard InChI is InChI=1S/C16H11BO3/c18-17(19)20-11-7-8-12-13-5-1-3-10-4-2-6-14(16(10)13)15(12)9-11/h1-9,18-19H. The van der Waals surface area contributed by atoms with Gasteiger partial charge in [-0.2, -0.15) is 0 Å². The van der Waals surface area contributed by atoms with E-state index in [0.29, 0.717) is 5.75 Å². The lowest BCUT2D eigenvalue weighted by molar-refractivity contribution is 0.288. The third-order valence-electron chi connectivity index (χ3n) is 3.72. The first-order valence-corrected chi connectivity index (χ1v) is 6.43. The van der Waals surface area contributed by atoms with Gasteiger partial charge in [0.2, 0.25) is 0 Å². The van der Waals surface area contributed by atoms with Crippen LogP contribution in [0.2, 0.25) is 0 Å². The van der Waals surface area contributed by atoms with Gasteiger partial charge in [0, 0.05) is 0 Å². The molecule has 3 aromatic carbocycles. The average molecular weight is 262 g/mol. The van der Waals surface area contributed by atoms with Crippen LogP contribution in [0.25, 0.3) is 33.0 Å². The van der Waals surface area contributed by atoms with Gasteiger partial charge < -0.3 is 14.7 Å². The first kappa shape index (κ1) is 11.5. The summed E-state index contributed by atoms with van der Waals surface area (Å²) in [5, 5.41) is 20.3. The molecule has 1 aliphatic carbocycles. The molecule has 0 aromatic heterocycles. The van der Waals surface area contributed by atoms with Crippen molar-refractivity contribution in [2.45, 2.75) is 0 Å². The van der Waals surface area contributed by atoms with E-state index in [0.717, 1.165) is 16.7 Å². The average Bonchev–Trinajstić information content (AvgIpc) is 2.75. The van der Waals surface area contributed by atoms with E-state index in [-0.39, 0.29) is 0 Å². The Morgan fingerprint density at radius 1 is 0.750 bits per heavy atom. The predicted molar refractivity (Wildman–Crippen MR) is 79.2 cm³/mol. The second-order valence-corrected chi connectivity index (χ2v) is 4.86. The lowest BCUT2D eigenvalue weighted by Gasteiger charge is -2.07. The topological polar surface area (TPSA) is 49.7 Å². The van der Waals surface area contributed by atoms with Gasteiger partial charge in [-0.25, -0.2) is 0 Å². The lowest BCUT2D eigenvalue weighted by Crippen LogP contribution is -2.20. The highest BCUT2D eigenvalue weighted by Gasteiger charge is 2.22. The van der Waals surface area contributed by atoms with E-state index in [1.165, 1.54) is 16.3 Å². The normalized spacial score (nSPS) is 11.5. The van der Waals surface area contributed by atoms with Gasteiger partial charge >= 0.3 is 7.32 Å². The molecule has 2 N–H and O–H groups in total. The third-order valence-corrected chi connectivity index (χ3v) is 3.72. The molecule has 0 unspecified atom stereocenters. The maximum absolute atomic E-state index is 8.91. The molecule has 96 valence electrons. The molecule has 0 bridgehead atoms. The molecule has 20 heavy (non-hydrogen) atoms. The van der Waals surface area contributed by atoms with Crippen molar-refractivity contribution in [2.24, 2.45) is 0 Å². The summed E-state index contributed by atoms with van der Waals surface area (Å²) in [5.74, 6) is 0.448. The molecule has 0 saturated carbocycles. The molecule has 1 aliphatic rings. The Morgan fingerprint density at radius 3 is 2.15 bits per heavy atom. The maximum Gasteiger partial charge on any atom is 0.707 e. The number of fused-ring (bicyclic) bond motifs is 3. The Kier molecular flexibility index (Phi) is 2.36. The fourth-order valence-corrected chi connectivity index (χ4v) is 2.97. The predicted octanol–water partition coefficient (Wildman–Crippen LogP) is 2.84. The second kappa shape index (κ2) is 4.10. The lowest BCUT2D eigenvalue weighted by atomic mass is 10.0. The quantitative estimate of drug-likeness (QED) is 0.546. The highest BCUT2D eigenvalue weighted by molar-refractivity contribution is 6.33. The van der Waals surface area contributed by atoms with Crippen molar-refractivity contribution in [1.29, 1.82) is 0 Å². The van der Waals surface area contributed by atoms with Gasteiger partial charge in [0.15, 0.2) is 0 Å². The SMILES string of the molecule is OB(O)Oc1ccc2c(c1)-c1cccc3cccc-2c13. The van der Waals surface area contributed by atoms with Gasteiger partial charge in [0.25, 0.3) is 0 Å². The van der Waals surface area contributed by atoms with Crippen molar-refractivity contribution in [3.05, 3.63) is 54.6 Å². The van der Waals surface area contributed by atoms with E-state index in [9.17, 15) is 0 Å². The van der Waals surface area contributed by atoms with Crippen LogP contribution < -0.4 is 4.65 Å². The van der Waals surface area contributed by atoms with Crippen molar-refractivity contribution in [2.75, 3.05) is 0 Å². The zero-order valence-corrected chi connectivity index (χ0v) is 10.6. The van der Waals surface area contributed by atoms with Crippen molar-refractivity contribution in [1.82, 2.24) is 0 Å². The molecule has 4 rings (SSSR count). The highest BCUT2D eigenvalue weighted by atomic mass is 16.6. The van der Waals surface area contributed by atoms with Gasteiger partial charge in [0.1, 0.15) is 5.75 Å². The smallest absolute Gasteiger partial charge is 0.512 e. The largest absolute Gasteiger partial charge is 0.707 e. The van der Waals surface area contributed by atoms with Crippen molar-refractivity contribution < 1.29 is 14.7 Å². The molecule has 0 heterocycles. The number of hydrogen-bond donors (Lipinski definition) is 2. The molecule has 4 heteroatoms. The molecular weight excluding hydrogens is 251 g/mol. The number of hydrogen-bond acceptors (Lipinski definition) is 3. The first-order valence-electron chi connectivity index (χ1n) is 6.43. The summed E-state index contributed by atoms with van der Waals surface area (Å²) in [7, 11) is -1.80. The minimum atomic E-state index is -1.80. The fourth-order valence-electron chi connectivity index (χ4n) is 2.97. The van der Waals surface area contributed by atoms with Crippen molar-refractivity contribution in [3.8, 4) is 28.0 Å². The summed E-state index contributed by atoms with van der Waals surface area (Å²) < 4.78 is 4.95. The molecule has 0 fully saturated rings. The van der Waals surface area contributed by atoms with Gasteiger partial charge in [-0.05, 0) is 45.2 Å². The first-order chi connectivity index (χ1) is 9.74. The van der Waals surface area contributed by atoms with Gasteiger partial charge in [-0.3, -0.25) is 0 Å². The molecule has 3 aromatic rings. The summed E-state index contributed by atoms with van der Waals surface area (Å²) in [6, 6.07) is 18.0. The van der Waals surface area contributed by atoms with Crippen LogP contribution in [0.1, 0.15) is 0 Å². The van der Waals surface area contributed by atoms with E-state index >= 15 is 0 Å².